The lowest BCUT2D eigenvalue weighted by Crippen LogP contribution is -2.24. The van der Waals surface area contributed by atoms with Gasteiger partial charge < -0.3 is 15.6 Å². The molecule has 0 saturated carbocycles. The Labute approximate surface area is 112 Å². The monoisotopic (exact) mass is 257 g/mol. The second-order valence-electron chi connectivity index (χ2n) is 4.90. The van der Waals surface area contributed by atoms with Crippen LogP contribution in [0.2, 0.25) is 0 Å². The standard InChI is InChI=1S/C14H19N5/c1-3-11(15-8-1)7-10-17-14-6-5-13(18-19-14)12-4-2-9-16-12/h2,4-6,9,11,15-16H,1,3,7-8,10H2,(H,17,19). The number of rotatable bonds is 5. The van der Waals surface area contributed by atoms with E-state index in [1.807, 2.05) is 30.5 Å². The summed E-state index contributed by atoms with van der Waals surface area (Å²) in [6.07, 6.45) is 5.62. The smallest absolute Gasteiger partial charge is 0.148 e. The van der Waals surface area contributed by atoms with Crippen molar-refractivity contribution in [3.8, 4) is 11.4 Å². The molecule has 0 spiro atoms. The molecular formula is C14H19N5. The zero-order chi connectivity index (χ0) is 12.9. The third-order valence-corrected chi connectivity index (χ3v) is 3.50. The number of hydrogen-bond donors (Lipinski definition) is 3. The Kier molecular flexibility index (Phi) is 3.74. The molecule has 0 aromatic carbocycles. The summed E-state index contributed by atoms with van der Waals surface area (Å²) in [5, 5.41) is 15.2. The van der Waals surface area contributed by atoms with Crippen LogP contribution < -0.4 is 10.6 Å². The van der Waals surface area contributed by atoms with E-state index >= 15 is 0 Å². The van der Waals surface area contributed by atoms with Gasteiger partial charge in [-0.25, -0.2) is 0 Å². The molecule has 2 aromatic rings. The van der Waals surface area contributed by atoms with E-state index in [4.69, 9.17) is 0 Å². The molecule has 2 aromatic heterocycles. The van der Waals surface area contributed by atoms with E-state index < -0.39 is 0 Å². The molecule has 1 aliphatic heterocycles. The third-order valence-electron chi connectivity index (χ3n) is 3.50. The zero-order valence-electron chi connectivity index (χ0n) is 10.9. The van der Waals surface area contributed by atoms with Gasteiger partial charge in [-0.3, -0.25) is 0 Å². The first kappa shape index (κ1) is 12.2. The molecule has 5 nitrogen and oxygen atoms in total. The number of nitrogens with one attached hydrogen (secondary N) is 3. The lowest BCUT2D eigenvalue weighted by Gasteiger charge is -2.10. The van der Waals surface area contributed by atoms with Crippen LogP contribution in [0.5, 0.6) is 0 Å². The van der Waals surface area contributed by atoms with Crippen molar-refractivity contribution in [2.75, 3.05) is 18.4 Å². The molecule has 3 rings (SSSR count). The molecule has 100 valence electrons. The van der Waals surface area contributed by atoms with Crippen molar-refractivity contribution >= 4 is 5.82 Å². The van der Waals surface area contributed by atoms with E-state index in [1.165, 1.54) is 12.8 Å². The van der Waals surface area contributed by atoms with Crippen molar-refractivity contribution in [2.45, 2.75) is 25.3 Å². The van der Waals surface area contributed by atoms with Gasteiger partial charge in [0.1, 0.15) is 11.5 Å². The Hall–Kier alpha value is -1.88. The van der Waals surface area contributed by atoms with Crippen molar-refractivity contribution in [3.63, 3.8) is 0 Å². The molecule has 0 amide bonds. The van der Waals surface area contributed by atoms with Gasteiger partial charge in [-0.2, -0.15) is 0 Å². The van der Waals surface area contributed by atoms with Crippen molar-refractivity contribution < 1.29 is 0 Å². The largest absolute Gasteiger partial charge is 0.369 e. The average molecular weight is 257 g/mol. The molecule has 1 unspecified atom stereocenters. The Bertz CT molecular complexity index is 485. The predicted octanol–water partition coefficient (Wildman–Crippen LogP) is 2.03. The Morgan fingerprint density at radius 1 is 1.26 bits per heavy atom. The summed E-state index contributed by atoms with van der Waals surface area (Å²) in [6, 6.07) is 8.57. The van der Waals surface area contributed by atoms with Gasteiger partial charge in [0.15, 0.2) is 0 Å². The normalized spacial score (nSPS) is 18.6. The van der Waals surface area contributed by atoms with Gasteiger partial charge >= 0.3 is 0 Å². The van der Waals surface area contributed by atoms with Gasteiger partial charge in [0.05, 0.1) is 5.69 Å². The summed E-state index contributed by atoms with van der Waals surface area (Å²) in [6.45, 7) is 2.10. The maximum Gasteiger partial charge on any atom is 0.148 e. The highest BCUT2D eigenvalue weighted by Crippen LogP contribution is 2.14. The van der Waals surface area contributed by atoms with E-state index in [0.29, 0.717) is 6.04 Å². The number of aromatic amines is 1. The predicted molar refractivity (Wildman–Crippen MR) is 76.0 cm³/mol. The minimum Gasteiger partial charge on any atom is -0.369 e. The summed E-state index contributed by atoms with van der Waals surface area (Å²) in [4.78, 5) is 3.12. The van der Waals surface area contributed by atoms with Gasteiger partial charge in [0, 0.05) is 18.8 Å². The summed E-state index contributed by atoms with van der Waals surface area (Å²) >= 11 is 0. The van der Waals surface area contributed by atoms with Crippen molar-refractivity contribution in [1.82, 2.24) is 20.5 Å². The highest BCUT2D eigenvalue weighted by atomic mass is 15.2. The number of anilines is 1. The molecule has 0 radical (unpaired) electrons. The van der Waals surface area contributed by atoms with Gasteiger partial charge in [-0.05, 0) is 50.1 Å². The van der Waals surface area contributed by atoms with Crippen LogP contribution in [0.1, 0.15) is 19.3 Å². The van der Waals surface area contributed by atoms with Crippen molar-refractivity contribution in [3.05, 3.63) is 30.5 Å². The average Bonchev–Trinajstić information content (AvgIpc) is 3.13. The summed E-state index contributed by atoms with van der Waals surface area (Å²) in [5.41, 5.74) is 1.86. The first-order valence-electron chi connectivity index (χ1n) is 6.86. The minimum atomic E-state index is 0.665. The molecule has 3 N–H and O–H groups in total. The highest BCUT2D eigenvalue weighted by Gasteiger charge is 2.12. The van der Waals surface area contributed by atoms with Gasteiger partial charge in [0.25, 0.3) is 0 Å². The van der Waals surface area contributed by atoms with Crippen LogP contribution in [0, 0.1) is 0 Å². The van der Waals surface area contributed by atoms with Crippen LogP contribution in [-0.2, 0) is 0 Å². The van der Waals surface area contributed by atoms with Crippen LogP contribution >= 0.6 is 0 Å². The molecule has 5 heteroatoms. The number of H-pyrrole nitrogens is 1. The van der Waals surface area contributed by atoms with Crippen LogP contribution in [0.25, 0.3) is 11.4 Å². The van der Waals surface area contributed by atoms with E-state index in [0.717, 1.165) is 36.7 Å². The molecule has 0 aliphatic carbocycles. The molecule has 1 atom stereocenters. The first-order chi connectivity index (χ1) is 9.42. The second kappa shape index (κ2) is 5.84. The molecule has 3 heterocycles. The summed E-state index contributed by atoms with van der Waals surface area (Å²) < 4.78 is 0. The van der Waals surface area contributed by atoms with Crippen molar-refractivity contribution in [1.29, 1.82) is 0 Å². The Balaban J connectivity index is 1.51. The van der Waals surface area contributed by atoms with E-state index in [2.05, 4.69) is 25.8 Å². The molecule has 1 aliphatic rings. The fourth-order valence-electron chi connectivity index (χ4n) is 2.44. The minimum absolute atomic E-state index is 0.665. The van der Waals surface area contributed by atoms with Crippen molar-refractivity contribution in [2.24, 2.45) is 0 Å². The van der Waals surface area contributed by atoms with E-state index in [1.54, 1.807) is 0 Å². The van der Waals surface area contributed by atoms with Crippen LogP contribution in [0.15, 0.2) is 30.5 Å². The molecule has 19 heavy (non-hydrogen) atoms. The maximum atomic E-state index is 4.21. The lowest BCUT2D eigenvalue weighted by atomic mass is 10.1. The Morgan fingerprint density at radius 2 is 2.26 bits per heavy atom. The van der Waals surface area contributed by atoms with Gasteiger partial charge in [-0.15, -0.1) is 10.2 Å². The van der Waals surface area contributed by atoms with Crippen LogP contribution in [-0.4, -0.2) is 34.3 Å². The van der Waals surface area contributed by atoms with E-state index in [9.17, 15) is 0 Å². The fourth-order valence-corrected chi connectivity index (χ4v) is 2.44. The second-order valence-corrected chi connectivity index (χ2v) is 4.90. The quantitative estimate of drug-likeness (QED) is 0.766. The maximum absolute atomic E-state index is 4.21. The number of nitrogens with zero attached hydrogens (tertiary/aromatic N) is 2. The lowest BCUT2D eigenvalue weighted by molar-refractivity contribution is 0.574. The molecular weight excluding hydrogens is 238 g/mol. The zero-order valence-corrected chi connectivity index (χ0v) is 10.9. The summed E-state index contributed by atoms with van der Waals surface area (Å²) in [5.74, 6) is 0.841. The Morgan fingerprint density at radius 3 is 2.95 bits per heavy atom. The van der Waals surface area contributed by atoms with E-state index in [-0.39, 0.29) is 0 Å². The highest BCUT2D eigenvalue weighted by molar-refractivity contribution is 5.54. The summed E-state index contributed by atoms with van der Waals surface area (Å²) in [7, 11) is 0. The first-order valence-corrected chi connectivity index (χ1v) is 6.86. The van der Waals surface area contributed by atoms with Crippen LogP contribution in [0.4, 0.5) is 5.82 Å². The number of aromatic nitrogens is 3. The third kappa shape index (κ3) is 3.12. The fraction of sp³-hybridized carbons (Fsp3) is 0.429. The SMILES string of the molecule is c1c[nH]c(-c2ccc(NCCC3CCCN3)nn2)c1. The molecule has 0 bridgehead atoms. The molecule has 1 saturated heterocycles. The van der Waals surface area contributed by atoms with Gasteiger partial charge in [0.2, 0.25) is 0 Å². The van der Waals surface area contributed by atoms with Crippen LogP contribution in [0.3, 0.4) is 0 Å². The molecule has 1 fully saturated rings. The topological polar surface area (TPSA) is 65.6 Å². The number of hydrogen-bond acceptors (Lipinski definition) is 4. The van der Waals surface area contributed by atoms with Gasteiger partial charge in [-0.1, -0.05) is 0 Å².